The first-order chi connectivity index (χ1) is 18.5. The number of aryl methyl sites for hydroxylation is 1. The van der Waals surface area contributed by atoms with E-state index in [0.29, 0.717) is 32.3 Å². The Bertz CT molecular complexity index is 1100. The summed E-state index contributed by atoms with van der Waals surface area (Å²) in [7, 11) is 4.04. The average Bonchev–Trinajstić information content (AvgIpc) is 3.30. The number of benzene rings is 1. The van der Waals surface area contributed by atoms with Crippen molar-refractivity contribution >= 4 is 34.6 Å². The van der Waals surface area contributed by atoms with Crippen molar-refractivity contribution < 1.29 is 14.3 Å². The molecular formula is C28H43N7O3. The Kier molecular flexibility index (Phi) is 8.81. The number of rotatable bonds is 7. The SMILES string of the molecule is CN1CCN(CCCn2c(NC(=O)N3CCOCC3)nc3cc(N(C)C(=O)C4CCCCC4)ccc32)CC1. The number of carbonyl (C=O) groups excluding carboxylic acids is 2. The summed E-state index contributed by atoms with van der Waals surface area (Å²) in [4.78, 5) is 39.5. The summed E-state index contributed by atoms with van der Waals surface area (Å²) < 4.78 is 7.53. The van der Waals surface area contributed by atoms with E-state index in [1.165, 1.54) is 6.42 Å². The fourth-order valence-electron chi connectivity index (χ4n) is 5.86. The smallest absolute Gasteiger partial charge is 0.324 e. The van der Waals surface area contributed by atoms with Crippen LogP contribution in [0.25, 0.3) is 11.0 Å². The molecule has 0 unspecified atom stereocenters. The Morgan fingerprint density at radius 1 is 1.03 bits per heavy atom. The highest BCUT2D eigenvalue weighted by Gasteiger charge is 2.26. The van der Waals surface area contributed by atoms with E-state index in [0.717, 1.165) is 88.1 Å². The van der Waals surface area contributed by atoms with Gasteiger partial charge in [-0.05, 0) is 51.1 Å². The lowest BCUT2D eigenvalue weighted by atomic mass is 9.88. The second-order valence-corrected chi connectivity index (χ2v) is 11.0. The Morgan fingerprint density at radius 2 is 1.76 bits per heavy atom. The maximum absolute atomic E-state index is 13.2. The van der Waals surface area contributed by atoms with Gasteiger partial charge in [0, 0.05) is 64.5 Å². The van der Waals surface area contributed by atoms with Crippen molar-refractivity contribution in [3.05, 3.63) is 18.2 Å². The van der Waals surface area contributed by atoms with Gasteiger partial charge in [0.2, 0.25) is 11.9 Å². The number of piperazine rings is 1. The first kappa shape index (κ1) is 26.9. The summed E-state index contributed by atoms with van der Waals surface area (Å²) >= 11 is 0. The van der Waals surface area contributed by atoms with E-state index in [-0.39, 0.29) is 17.9 Å². The van der Waals surface area contributed by atoms with Gasteiger partial charge in [0.25, 0.3) is 0 Å². The second kappa shape index (κ2) is 12.4. The molecule has 1 N–H and O–H groups in total. The summed E-state index contributed by atoms with van der Waals surface area (Å²) in [5.74, 6) is 0.865. The zero-order valence-corrected chi connectivity index (χ0v) is 23.0. The van der Waals surface area contributed by atoms with Crippen LogP contribution in [0.15, 0.2) is 18.2 Å². The van der Waals surface area contributed by atoms with Gasteiger partial charge in [-0.15, -0.1) is 0 Å². The predicted octanol–water partition coefficient (Wildman–Crippen LogP) is 3.08. The van der Waals surface area contributed by atoms with Crippen LogP contribution in [0.5, 0.6) is 0 Å². The van der Waals surface area contributed by atoms with Crippen LogP contribution in [0.1, 0.15) is 38.5 Å². The number of imidazole rings is 1. The number of hydrogen-bond donors (Lipinski definition) is 1. The molecule has 2 aliphatic heterocycles. The number of nitrogens with one attached hydrogen (secondary N) is 1. The summed E-state index contributed by atoms with van der Waals surface area (Å²) in [6.45, 7) is 8.42. The van der Waals surface area contributed by atoms with Gasteiger partial charge in [-0.2, -0.15) is 0 Å². The number of hydrogen-bond acceptors (Lipinski definition) is 6. The topological polar surface area (TPSA) is 86.2 Å². The van der Waals surface area contributed by atoms with Crippen LogP contribution in [0.2, 0.25) is 0 Å². The number of ether oxygens (including phenoxy) is 1. The predicted molar refractivity (Wildman–Crippen MR) is 150 cm³/mol. The molecule has 2 aromatic rings. The van der Waals surface area contributed by atoms with Gasteiger partial charge in [0.05, 0.1) is 24.2 Å². The number of fused-ring (bicyclic) bond motifs is 1. The van der Waals surface area contributed by atoms with Crippen molar-refractivity contribution in [2.45, 2.75) is 45.1 Å². The van der Waals surface area contributed by atoms with Crippen LogP contribution in [-0.2, 0) is 16.1 Å². The number of nitrogens with zero attached hydrogens (tertiary/aromatic N) is 6. The minimum absolute atomic E-state index is 0.111. The van der Waals surface area contributed by atoms with Gasteiger partial charge < -0.3 is 28.9 Å². The molecule has 1 aromatic heterocycles. The van der Waals surface area contributed by atoms with Gasteiger partial charge in [-0.1, -0.05) is 19.3 Å². The van der Waals surface area contributed by atoms with E-state index in [1.54, 1.807) is 9.80 Å². The number of morpholine rings is 1. The van der Waals surface area contributed by atoms with Crippen LogP contribution in [0.3, 0.4) is 0 Å². The summed E-state index contributed by atoms with van der Waals surface area (Å²) in [5.41, 5.74) is 2.62. The second-order valence-electron chi connectivity index (χ2n) is 11.0. The van der Waals surface area contributed by atoms with E-state index in [9.17, 15) is 9.59 Å². The van der Waals surface area contributed by atoms with E-state index >= 15 is 0 Å². The molecular weight excluding hydrogens is 482 g/mol. The fourth-order valence-corrected chi connectivity index (χ4v) is 5.86. The molecule has 0 atom stereocenters. The van der Waals surface area contributed by atoms with E-state index in [1.807, 2.05) is 25.2 Å². The molecule has 3 amide bonds. The molecule has 1 aliphatic carbocycles. The molecule has 3 fully saturated rings. The molecule has 1 saturated carbocycles. The van der Waals surface area contributed by atoms with Crippen molar-refractivity contribution in [3.8, 4) is 0 Å². The van der Waals surface area contributed by atoms with Crippen molar-refractivity contribution in [2.24, 2.45) is 5.92 Å². The number of likely N-dealkylation sites (N-methyl/N-ethyl adjacent to an activating group) is 1. The Labute approximate surface area is 225 Å². The zero-order valence-electron chi connectivity index (χ0n) is 23.0. The lowest BCUT2D eigenvalue weighted by molar-refractivity contribution is -0.123. The third-order valence-corrected chi connectivity index (χ3v) is 8.37. The summed E-state index contributed by atoms with van der Waals surface area (Å²) in [6.07, 6.45) is 6.42. The van der Waals surface area contributed by atoms with E-state index in [2.05, 4.69) is 26.7 Å². The largest absolute Gasteiger partial charge is 0.378 e. The third kappa shape index (κ3) is 6.30. The first-order valence-electron chi connectivity index (χ1n) is 14.3. The van der Waals surface area contributed by atoms with Crippen molar-refractivity contribution in [1.82, 2.24) is 24.3 Å². The third-order valence-electron chi connectivity index (χ3n) is 8.37. The molecule has 0 bridgehead atoms. The minimum atomic E-state index is -0.145. The normalized spacial score (nSPS) is 20.1. The van der Waals surface area contributed by atoms with Gasteiger partial charge >= 0.3 is 6.03 Å². The number of aromatic nitrogens is 2. The molecule has 208 valence electrons. The molecule has 3 heterocycles. The Hall–Kier alpha value is -2.69. The molecule has 10 nitrogen and oxygen atoms in total. The molecule has 2 saturated heterocycles. The van der Waals surface area contributed by atoms with Gasteiger partial charge in [0.15, 0.2) is 0 Å². The monoisotopic (exact) mass is 525 g/mol. The van der Waals surface area contributed by atoms with Crippen molar-refractivity contribution in [3.63, 3.8) is 0 Å². The van der Waals surface area contributed by atoms with Crippen LogP contribution in [-0.4, -0.2) is 109 Å². The standard InChI is InChI=1S/C28H43N7O3/c1-31-13-15-33(16-14-31)11-6-12-35-25-10-9-23(32(2)26(36)22-7-4-3-5-8-22)21-24(25)29-27(35)30-28(37)34-17-19-38-20-18-34/h9-10,21-22H,3-8,11-20H2,1-2H3,(H,29,30,37). The van der Waals surface area contributed by atoms with Crippen LogP contribution < -0.4 is 10.2 Å². The Morgan fingerprint density at radius 3 is 2.50 bits per heavy atom. The highest BCUT2D eigenvalue weighted by atomic mass is 16.5. The maximum atomic E-state index is 13.2. The molecule has 0 spiro atoms. The molecule has 10 heteroatoms. The Balaban J connectivity index is 1.34. The molecule has 38 heavy (non-hydrogen) atoms. The van der Waals surface area contributed by atoms with Crippen molar-refractivity contribution in [2.75, 3.05) is 83.3 Å². The highest BCUT2D eigenvalue weighted by molar-refractivity contribution is 5.97. The fraction of sp³-hybridized carbons (Fsp3) is 0.679. The number of urea groups is 1. The summed E-state index contributed by atoms with van der Waals surface area (Å²) in [6, 6.07) is 5.89. The molecule has 3 aliphatic rings. The molecule has 0 radical (unpaired) electrons. The lowest BCUT2D eigenvalue weighted by Crippen LogP contribution is -2.44. The number of carbonyl (C=O) groups is 2. The average molecular weight is 526 g/mol. The maximum Gasteiger partial charge on any atom is 0.324 e. The first-order valence-corrected chi connectivity index (χ1v) is 14.3. The van der Waals surface area contributed by atoms with Crippen LogP contribution in [0, 0.1) is 5.92 Å². The molecule has 1 aromatic carbocycles. The highest BCUT2D eigenvalue weighted by Crippen LogP contribution is 2.29. The van der Waals surface area contributed by atoms with Gasteiger partial charge in [-0.3, -0.25) is 10.1 Å². The zero-order chi connectivity index (χ0) is 26.5. The minimum Gasteiger partial charge on any atom is -0.378 e. The van der Waals surface area contributed by atoms with Crippen LogP contribution >= 0.6 is 0 Å². The summed E-state index contributed by atoms with van der Waals surface area (Å²) in [5, 5.41) is 3.07. The van der Waals surface area contributed by atoms with Gasteiger partial charge in [-0.25, -0.2) is 9.78 Å². The van der Waals surface area contributed by atoms with E-state index in [4.69, 9.17) is 9.72 Å². The number of anilines is 2. The number of amides is 3. The van der Waals surface area contributed by atoms with Crippen LogP contribution in [0.4, 0.5) is 16.4 Å². The van der Waals surface area contributed by atoms with Gasteiger partial charge in [0.1, 0.15) is 0 Å². The quantitative estimate of drug-likeness (QED) is 0.598. The lowest BCUT2D eigenvalue weighted by Gasteiger charge is -2.32. The molecule has 5 rings (SSSR count). The van der Waals surface area contributed by atoms with E-state index < -0.39 is 0 Å². The van der Waals surface area contributed by atoms with Crippen molar-refractivity contribution in [1.29, 1.82) is 0 Å².